The van der Waals surface area contributed by atoms with Crippen molar-refractivity contribution in [3.8, 4) is 16.3 Å². The van der Waals surface area contributed by atoms with Crippen LogP contribution < -0.4 is 5.73 Å². The fourth-order valence-corrected chi connectivity index (χ4v) is 6.37. The lowest BCUT2D eigenvalue weighted by atomic mass is 9.95. The van der Waals surface area contributed by atoms with Crippen molar-refractivity contribution in [1.29, 1.82) is 0 Å². The van der Waals surface area contributed by atoms with Crippen LogP contribution in [0.25, 0.3) is 21.8 Å². The number of halogens is 1. The maximum Gasteiger partial charge on any atom is 0.253 e. The van der Waals surface area contributed by atoms with Gasteiger partial charge in [-0.3, -0.25) is 4.79 Å². The molecular weight excluding hydrogens is 526 g/mol. The molecular formula is C26H28BrN5O2S. The first kappa shape index (κ1) is 24.0. The number of nitrogens with zero attached hydrogens (tertiary/aromatic N) is 4. The molecule has 35 heavy (non-hydrogen) atoms. The second kappa shape index (κ2) is 9.72. The third-order valence-corrected chi connectivity index (χ3v) is 8.27. The van der Waals surface area contributed by atoms with Crippen molar-refractivity contribution in [1.82, 2.24) is 19.7 Å². The lowest BCUT2D eigenvalue weighted by Gasteiger charge is -2.23. The number of hydrogen-bond donors (Lipinski definition) is 1. The molecule has 1 fully saturated rings. The van der Waals surface area contributed by atoms with Crippen LogP contribution in [0.4, 0.5) is 0 Å². The molecule has 7 nitrogen and oxygen atoms in total. The van der Waals surface area contributed by atoms with Crippen molar-refractivity contribution < 1.29 is 9.53 Å². The summed E-state index contributed by atoms with van der Waals surface area (Å²) in [5, 5.41) is 6.09. The third-order valence-electron chi connectivity index (χ3n) is 6.61. The van der Waals surface area contributed by atoms with Crippen molar-refractivity contribution in [3.05, 3.63) is 68.5 Å². The van der Waals surface area contributed by atoms with Gasteiger partial charge < -0.3 is 15.4 Å². The van der Waals surface area contributed by atoms with Crippen LogP contribution in [-0.4, -0.2) is 51.9 Å². The molecule has 0 saturated carbocycles. The molecule has 1 saturated heterocycles. The molecule has 1 aliphatic heterocycles. The van der Waals surface area contributed by atoms with Crippen molar-refractivity contribution >= 4 is 38.7 Å². The monoisotopic (exact) mass is 553 g/mol. The molecule has 2 aliphatic rings. The lowest BCUT2D eigenvalue weighted by molar-refractivity contribution is 0.0711. The van der Waals surface area contributed by atoms with Crippen LogP contribution in [0.2, 0.25) is 0 Å². The molecule has 3 aromatic rings. The van der Waals surface area contributed by atoms with E-state index in [1.54, 1.807) is 22.4 Å². The Hall–Kier alpha value is -2.75. The molecule has 1 amide bonds. The first-order valence-corrected chi connectivity index (χ1v) is 13.3. The minimum Gasteiger partial charge on any atom is -0.404 e. The first-order valence-electron chi connectivity index (χ1n) is 11.7. The Morgan fingerprint density at radius 1 is 1.37 bits per heavy atom. The van der Waals surface area contributed by atoms with E-state index in [1.807, 2.05) is 55.9 Å². The molecule has 0 radical (unpaired) electrons. The van der Waals surface area contributed by atoms with Gasteiger partial charge in [-0.1, -0.05) is 12.2 Å². The maximum atomic E-state index is 13.1. The Morgan fingerprint density at radius 2 is 2.20 bits per heavy atom. The predicted octanol–water partition coefficient (Wildman–Crippen LogP) is 4.90. The molecule has 2 N–H and O–H groups in total. The van der Waals surface area contributed by atoms with Crippen LogP contribution in [0.15, 0.2) is 41.0 Å². The standard InChI is InChI=1S/C26H28BrN5O2S/c1-4-5-17(13-28)23-19-7-8-21-25(35-15(2)29-21)24(19)32(30-23)22-9-6-16(12-20(22)27)26(33)31(3)18-10-11-34-14-18/h4-6,9,12-13,18H,7-8,10-11,14,28H2,1-3H3/b5-4-,17-13+. The van der Waals surface area contributed by atoms with E-state index in [0.29, 0.717) is 18.8 Å². The summed E-state index contributed by atoms with van der Waals surface area (Å²) in [4.78, 5) is 20.8. The SMILES string of the molecule is C/C=C\C(=C/N)c1nn(-c2ccc(C(=O)N(C)C3CCOC3)cc2Br)c2c1CCc1nc(C)sc1-2. The zero-order chi connectivity index (χ0) is 24.7. The fraction of sp³-hybridized carbons (Fsp3) is 0.346. The van der Waals surface area contributed by atoms with Gasteiger partial charge in [0.15, 0.2) is 0 Å². The molecule has 5 rings (SSSR count). The van der Waals surface area contributed by atoms with E-state index in [4.69, 9.17) is 20.6 Å². The average molecular weight is 555 g/mol. The lowest BCUT2D eigenvalue weighted by Crippen LogP contribution is -2.37. The highest BCUT2D eigenvalue weighted by Gasteiger charge is 2.30. The minimum atomic E-state index is -0.0160. The summed E-state index contributed by atoms with van der Waals surface area (Å²) in [6, 6.07) is 5.82. The van der Waals surface area contributed by atoms with Crippen molar-refractivity contribution in [2.75, 3.05) is 20.3 Å². The van der Waals surface area contributed by atoms with E-state index < -0.39 is 0 Å². The number of amides is 1. The van der Waals surface area contributed by atoms with Gasteiger partial charge in [0.25, 0.3) is 5.91 Å². The number of carbonyl (C=O) groups excluding carboxylic acids is 1. The summed E-state index contributed by atoms with van der Waals surface area (Å²) >= 11 is 5.42. The number of allylic oxidation sites excluding steroid dienone is 3. The Morgan fingerprint density at radius 3 is 2.89 bits per heavy atom. The smallest absolute Gasteiger partial charge is 0.253 e. The summed E-state index contributed by atoms with van der Waals surface area (Å²) < 4.78 is 8.23. The number of carbonyl (C=O) groups is 1. The molecule has 0 spiro atoms. The Bertz CT molecular complexity index is 1350. The maximum absolute atomic E-state index is 13.1. The number of nitrogens with two attached hydrogens (primary N) is 1. The molecule has 9 heteroatoms. The van der Waals surface area contributed by atoms with Crippen LogP contribution in [0, 0.1) is 6.92 Å². The number of rotatable bonds is 5. The zero-order valence-corrected chi connectivity index (χ0v) is 22.4. The van der Waals surface area contributed by atoms with Gasteiger partial charge in [-0.05, 0) is 67.2 Å². The number of benzene rings is 1. The van der Waals surface area contributed by atoms with Gasteiger partial charge >= 0.3 is 0 Å². The van der Waals surface area contributed by atoms with Gasteiger partial charge in [0.05, 0.1) is 45.3 Å². The molecule has 2 aromatic heterocycles. The van der Waals surface area contributed by atoms with Crippen LogP contribution >= 0.6 is 27.3 Å². The second-order valence-electron chi connectivity index (χ2n) is 8.82. The number of aryl methyl sites for hydroxylation is 2. The predicted molar refractivity (Wildman–Crippen MR) is 143 cm³/mol. The third kappa shape index (κ3) is 4.26. The number of aromatic nitrogens is 3. The first-order chi connectivity index (χ1) is 16.9. The highest BCUT2D eigenvalue weighted by molar-refractivity contribution is 9.10. The summed E-state index contributed by atoms with van der Waals surface area (Å²) in [5.74, 6) is -0.0160. The summed E-state index contributed by atoms with van der Waals surface area (Å²) in [7, 11) is 1.84. The Labute approximate surface area is 217 Å². The normalized spacial score (nSPS) is 17.6. The van der Waals surface area contributed by atoms with Gasteiger partial charge in [-0.25, -0.2) is 9.67 Å². The topological polar surface area (TPSA) is 86.3 Å². The molecule has 1 atom stereocenters. The number of hydrogen-bond acceptors (Lipinski definition) is 6. The largest absolute Gasteiger partial charge is 0.404 e. The zero-order valence-electron chi connectivity index (χ0n) is 20.0. The van der Waals surface area contributed by atoms with Crippen LogP contribution in [0.3, 0.4) is 0 Å². The van der Waals surface area contributed by atoms with Crippen LogP contribution in [0.1, 0.15) is 45.7 Å². The Balaban J connectivity index is 1.61. The molecule has 1 aliphatic carbocycles. The van der Waals surface area contributed by atoms with E-state index in [1.165, 1.54) is 5.56 Å². The number of thiazole rings is 1. The summed E-state index contributed by atoms with van der Waals surface area (Å²) in [5.41, 5.74) is 12.6. The van der Waals surface area contributed by atoms with Gasteiger partial charge in [0.2, 0.25) is 0 Å². The minimum absolute atomic E-state index is 0.0160. The molecule has 3 heterocycles. The van der Waals surface area contributed by atoms with Crippen LogP contribution in [-0.2, 0) is 17.6 Å². The number of ether oxygens (including phenoxy) is 1. The van der Waals surface area contributed by atoms with Gasteiger partial charge in [-0.2, -0.15) is 5.10 Å². The Kier molecular flexibility index (Phi) is 6.65. The van der Waals surface area contributed by atoms with Crippen molar-refractivity contribution in [3.63, 3.8) is 0 Å². The van der Waals surface area contributed by atoms with Crippen LogP contribution in [0.5, 0.6) is 0 Å². The fourth-order valence-electron chi connectivity index (χ4n) is 4.80. The highest BCUT2D eigenvalue weighted by atomic mass is 79.9. The van der Waals surface area contributed by atoms with Crippen molar-refractivity contribution in [2.45, 2.75) is 39.2 Å². The van der Waals surface area contributed by atoms with E-state index in [0.717, 1.165) is 62.0 Å². The molecule has 0 bridgehead atoms. The quantitative estimate of drug-likeness (QED) is 0.454. The average Bonchev–Trinajstić information content (AvgIpc) is 3.59. The molecule has 1 unspecified atom stereocenters. The summed E-state index contributed by atoms with van der Waals surface area (Å²) in [6.07, 6.45) is 8.16. The van der Waals surface area contributed by atoms with Gasteiger partial charge in [-0.15, -0.1) is 11.3 Å². The van der Waals surface area contributed by atoms with E-state index >= 15 is 0 Å². The van der Waals surface area contributed by atoms with Crippen molar-refractivity contribution in [2.24, 2.45) is 5.73 Å². The molecule has 182 valence electrons. The van der Waals surface area contributed by atoms with Gasteiger partial charge in [0.1, 0.15) is 0 Å². The molecule has 1 aromatic carbocycles. The van der Waals surface area contributed by atoms with E-state index in [-0.39, 0.29) is 11.9 Å². The van der Waals surface area contributed by atoms with E-state index in [9.17, 15) is 4.79 Å². The number of fused-ring (bicyclic) bond motifs is 3. The summed E-state index contributed by atoms with van der Waals surface area (Å²) in [6.45, 7) is 5.29. The number of likely N-dealkylation sites (N-methyl/N-ethyl adjacent to an activating group) is 1. The highest BCUT2D eigenvalue weighted by Crippen LogP contribution is 2.42. The van der Waals surface area contributed by atoms with Gasteiger partial charge in [0, 0.05) is 41.0 Å². The second-order valence-corrected chi connectivity index (χ2v) is 10.9. The van der Waals surface area contributed by atoms with E-state index in [2.05, 4.69) is 15.9 Å².